The highest BCUT2D eigenvalue weighted by atomic mass is 16.6. The minimum absolute atomic E-state index is 0.181. The van der Waals surface area contributed by atoms with Crippen LogP contribution in [-0.4, -0.2) is 44.7 Å². The summed E-state index contributed by atoms with van der Waals surface area (Å²) in [6, 6.07) is 9.58. The van der Waals surface area contributed by atoms with Gasteiger partial charge >= 0.3 is 17.9 Å². The van der Waals surface area contributed by atoms with Gasteiger partial charge in [-0.05, 0) is 17.4 Å². The Balaban J connectivity index is 1.55. The van der Waals surface area contributed by atoms with E-state index in [4.69, 9.17) is 9.47 Å². The molecule has 0 aliphatic carbocycles. The molecule has 0 spiro atoms. The molecule has 1 amide bonds. The monoisotopic (exact) mass is 346 g/mol. The molecule has 0 bridgehead atoms. The van der Waals surface area contributed by atoms with Gasteiger partial charge in [0.2, 0.25) is 0 Å². The van der Waals surface area contributed by atoms with Gasteiger partial charge in [0.25, 0.3) is 0 Å². The number of likely N-dealkylation sites (N-methyl/N-ethyl adjacent to an activating group) is 1. The average Bonchev–Trinajstić information content (AvgIpc) is 3.08. The predicted molar refractivity (Wildman–Crippen MR) is 87.2 cm³/mol. The van der Waals surface area contributed by atoms with Gasteiger partial charge in [-0.25, -0.2) is 4.79 Å². The van der Waals surface area contributed by atoms with Gasteiger partial charge in [0.15, 0.2) is 0 Å². The number of carbonyl (C=O) groups is 1. The SMILES string of the molecule is CN(CC1(C)Cn2cc([N+](=O)[O-])nc2O1)C(=O)OCc1ccccc1. The summed E-state index contributed by atoms with van der Waals surface area (Å²) in [4.78, 5) is 27.5. The molecule has 0 fully saturated rings. The average molecular weight is 346 g/mol. The zero-order chi connectivity index (χ0) is 18.0. The summed E-state index contributed by atoms with van der Waals surface area (Å²) in [6.07, 6.45) is 0.859. The summed E-state index contributed by atoms with van der Waals surface area (Å²) in [7, 11) is 1.62. The number of rotatable bonds is 5. The second-order valence-electron chi connectivity index (χ2n) is 6.21. The second kappa shape index (κ2) is 6.42. The van der Waals surface area contributed by atoms with E-state index in [0.717, 1.165) is 5.56 Å². The number of hydrogen-bond donors (Lipinski definition) is 0. The van der Waals surface area contributed by atoms with E-state index >= 15 is 0 Å². The highest BCUT2D eigenvalue weighted by Gasteiger charge is 2.41. The minimum Gasteiger partial charge on any atom is -0.445 e. The maximum atomic E-state index is 12.1. The van der Waals surface area contributed by atoms with E-state index in [1.165, 1.54) is 11.1 Å². The zero-order valence-electron chi connectivity index (χ0n) is 13.9. The molecule has 2 aromatic rings. The van der Waals surface area contributed by atoms with Crippen LogP contribution in [0, 0.1) is 10.1 Å². The molecule has 0 radical (unpaired) electrons. The third-order valence-corrected chi connectivity index (χ3v) is 3.85. The molecule has 2 heterocycles. The number of ether oxygens (including phenoxy) is 2. The van der Waals surface area contributed by atoms with E-state index in [1.54, 1.807) is 11.6 Å². The molecule has 1 unspecified atom stereocenters. The number of amides is 1. The molecule has 1 aliphatic heterocycles. The van der Waals surface area contributed by atoms with Crippen molar-refractivity contribution >= 4 is 11.9 Å². The van der Waals surface area contributed by atoms with Crippen LogP contribution < -0.4 is 4.74 Å². The first-order valence-corrected chi connectivity index (χ1v) is 7.69. The number of imidazole rings is 1. The first-order valence-electron chi connectivity index (χ1n) is 7.69. The lowest BCUT2D eigenvalue weighted by atomic mass is 10.1. The molecule has 0 N–H and O–H groups in total. The van der Waals surface area contributed by atoms with Gasteiger partial charge in [0.1, 0.15) is 18.4 Å². The summed E-state index contributed by atoms with van der Waals surface area (Å²) in [5.41, 5.74) is 0.179. The largest absolute Gasteiger partial charge is 0.445 e. The highest BCUT2D eigenvalue weighted by molar-refractivity contribution is 5.67. The fourth-order valence-electron chi connectivity index (χ4n) is 2.76. The Morgan fingerprint density at radius 1 is 1.48 bits per heavy atom. The van der Waals surface area contributed by atoms with Crippen molar-refractivity contribution in [3.8, 4) is 6.01 Å². The lowest BCUT2D eigenvalue weighted by molar-refractivity contribution is -0.389. The fraction of sp³-hybridized carbons (Fsp3) is 0.375. The van der Waals surface area contributed by atoms with Crippen LogP contribution in [0.2, 0.25) is 0 Å². The number of fused-ring (bicyclic) bond motifs is 1. The van der Waals surface area contributed by atoms with Crippen LogP contribution in [0.25, 0.3) is 0 Å². The maximum absolute atomic E-state index is 12.1. The van der Waals surface area contributed by atoms with Crippen molar-refractivity contribution in [3.63, 3.8) is 0 Å². The van der Waals surface area contributed by atoms with E-state index in [9.17, 15) is 14.9 Å². The number of nitrogens with zero attached hydrogens (tertiary/aromatic N) is 4. The number of aromatic nitrogens is 2. The van der Waals surface area contributed by atoms with E-state index in [1.807, 2.05) is 37.3 Å². The maximum Gasteiger partial charge on any atom is 0.415 e. The molecule has 132 valence electrons. The first kappa shape index (κ1) is 16.7. The van der Waals surface area contributed by atoms with Crippen LogP contribution in [0.15, 0.2) is 36.5 Å². The topological polar surface area (TPSA) is 99.7 Å². The van der Waals surface area contributed by atoms with E-state index < -0.39 is 16.6 Å². The number of nitro groups is 1. The summed E-state index contributed by atoms with van der Waals surface area (Å²) in [5.74, 6) is -0.257. The van der Waals surface area contributed by atoms with Crippen LogP contribution in [-0.2, 0) is 17.9 Å². The van der Waals surface area contributed by atoms with Crippen molar-refractivity contribution in [2.75, 3.05) is 13.6 Å². The molecule has 1 aromatic carbocycles. The molecule has 9 heteroatoms. The molecule has 0 saturated heterocycles. The molecular formula is C16H18N4O5. The summed E-state index contributed by atoms with van der Waals surface area (Å²) in [6.45, 7) is 2.63. The van der Waals surface area contributed by atoms with Gasteiger partial charge < -0.3 is 24.5 Å². The standard InChI is InChI=1S/C16H18N4O5/c1-16(11-19-8-13(20(22)23)17-14(19)25-16)10-18(2)15(21)24-9-12-6-4-3-5-7-12/h3-8H,9-11H2,1-2H3. The number of benzene rings is 1. The van der Waals surface area contributed by atoms with Crippen molar-refractivity contribution in [2.45, 2.75) is 25.7 Å². The van der Waals surface area contributed by atoms with Crippen LogP contribution in [0.4, 0.5) is 10.6 Å². The molecule has 1 aliphatic rings. The Kier molecular flexibility index (Phi) is 4.30. The van der Waals surface area contributed by atoms with Crippen molar-refractivity contribution < 1.29 is 19.2 Å². The van der Waals surface area contributed by atoms with Gasteiger partial charge in [-0.3, -0.25) is 4.57 Å². The van der Waals surface area contributed by atoms with Crippen molar-refractivity contribution in [1.29, 1.82) is 0 Å². The Morgan fingerprint density at radius 2 is 2.20 bits per heavy atom. The van der Waals surface area contributed by atoms with Gasteiger partial charge in [-0.1, -0.05) is 30.3 Å². The summed E-state index contributed by atoms with van der Waals surface area (Å²) < 4.78 is 12.6. The van der Waals surface area contributed by atoms with Crippen LogP contribution in [0.3, 0.4) is 0 Å². The third-order valence-electron chi connectivity index (χ3n) is 3.85. The lowest BCUT2D eigenvalue weighted by Crippen LogP contribution is -2.45. The molecular weight excluding hydrogens is 328 g/mol. The Hall–Kier alpha value is -3.10. The molecule has 25 heavy (non-hydrogen) atoms. The third kappa shape index (κ3) is 3.70. The highest BCUT2D eigenvalue weighted by Crippen LogP contribution is 2.31. The quantitative estimate of drug-likeness (QED) is 0.608. The molecule has 0 saturated carbocycles. The van der Waals surface area contributed by atoms with E-state index in [2.05, 4.69) is 4.98 Å². The van der Waals surface area contributed by atoms with Crippen LogP contribution in [0.5, 0.6) is 6.01 Å². The second-order valence-corrected chi connectivity index (χ2v) is 6.21. The number of hydrogen-bond acceptors (Lipinski definition) is 6. The normalized spacial score (nSPS) is 18.3. The smallest absolute Gasteiger partial charge is 0.415 e. The van der Waals surface area contributed by atoms with Gasteiger partial charge in [0, 0.05) is 12.0 Å². The lowest BCUT2D eigenvalue weighted by Gasteiger charge is -2.27. The molecule has 9 nitrogen and oxygen atoms in total. The van der Waals surface area contributed by atoms with Gasteiger partial charge in [0.05, 0.1) is 13.1 Å². The van der Waals surface area contributed by atoms with Crippen molar-refractivity contribution in [1.82, 2.24) is 14.5 Å². The predicted octanol–water partition coefficient (Wildman–Crippen LogP) is 2.21. The summed E-state index contributed by atoms with van der Waals surface area (Å²) >= 11 is 0. The van der Waals surface area contributed by atoms with E-state index in [0.29, 0.717) is 6.54 Å². The zero-order valence-corrected chi connectivity index (χ0v) is 13.9. The Morgan fingerprint density at radius 3 is 2.84 bits per heavy atom. The fourth-order valence-corrected chi connectivity index (χ4v) is 2.76. The first-order chi connectivity index (χ1) is 11.9. The molecule has 3 rings (SSSR count). The van der Waals surface area contributed by atoms with Crippen LogP contribution >= 0.6 is 0 Å². The Labute approximate surface area is 143 Å². The van der Waals surface area contributed by atoms with Gasteiger partial charge in [-0.2, -0.15) is 0 Å². The van der Waals surface area contributed by atoms with Gasteiger partial charge in [-0.15, -0.1) is 0 Å². The Bertz CT molecular complexity index is 766. The molecule has 1 aromatic heterocycles. The minimum atomic E-state index is -0.724. The summed E-state index contributed by atoms with van der Waals surface area (Å²) in [5, 5.41) is 10.7. The molecule has 1 atom stereocenters. The van der Waals surface area contributed by atoms with Crippen molar-refractivity contribution in [2.24, 2.45) is 0 Å². The van der Waals surface area contributed by atoms with Crippen molar-refractivity contribution in [3.05, 3.63) is 52.2 Å². The number of carbonyl (C=O) groups excluding carboxylic acids is 1. The van der Waals surface area contributed by atoms with E-state index in [-0.39, 0.29) is 25.0 Å². The van der Waals surface area contributed by atoms with Crippen LogP contribution in [0.1, 0.15) is 12.5 Å².